The van der Waals surface area contributed by atoms with Crippen molar-refractivity contribution in [2.24, 2.45) is 18.1 Å². The SMILES string of the molecule is CC(Oc1cc(Br)cnc1N=O)c1cc(F)ccc1-c1nn(C)cc1Cc1cn(CC2CCC2)nc1C#N. The Bertz CT molecular complexity index is 1540. The second-order valence-corrected chi connectivity index (χ2v) is 10.5. The smallest absolute Gasteiger partial charge is 0.239 e. The fourth-order valence-electron chi connectivity index (χ4n) is 4.73. The van der Waals surface area contributed by atoms with Crippen LogP contribution < -0.4 is 4.74 Å². The van der Waals surface area contributed by atoms with Crippen LogP contribution in [0.2, 0.25) is 0 Å². The molecule has 0 saturated heterocycles. The topological polar surface area (TPSA) is 111 Å². The first-order valence-corrected chi connectivity index (χ1v) is 13.1. The molecule has 0 amide bonds. The van der Waals surface area contributed by atoms with Gasteiger partial charge in [0.25, 0.3) is 0 Å². The molecular formula is C27H25BrFN7O2. The Morgan fingerprint density at radius 1 is 1.26 bits per heavy atom. The van der Waals surface area contributed by atoms with Crippen LogP contribution in [-0.2, 0) is 20.0 Å². The van der Waals surface area contributed by atoms with Gasteiger partial charge < -0.3 is 4.74 Å². The lowest BCUT2D eigenvalue weighted by molar-refractivity contribution is 0.227. The minimum atomic E-state index is -0.660. The van der Waals surface area contributed by atoms with E-state index in [1.807, 2.05) is 24.1 Å². The average molecular weight is 578 g/mol. The highest BCUT2D eigenvalue weighted by Crippen LogP contribution is 2.37. The van der Waals surface area contributed by atoms with Crippen molar-refractivity contribution >= 4 is 21.7 Å². The summed E-state index contributed by atoms with van der Waals surface area (Å²) in [5.41, 5.74) is 3.95. The Morgan fingerprint density at radius 3 is 2.79 bits per heavy atom. The summed E-state index contributed by atoms with van der Waals surface area (Å²) in [4.78, 5) is 15.2. The first kappa shape index (κ1) is 25.7. The monoisotopic (exact) mass is 577 g/mol. The van der Waals surface area contributed by atoms with E-state index in [0.29, 0.717) is 39.3 Å². The van der Waals surface area contributed by atoms with Crippen LogP contribution in [0.15, 0.2) is 52.5 Å². The number of aromatic nitrogens is 5. The van der Waals surface area contributed by atoms with E-state index in [4.69, 9.17) is 4.74 Å². The number of hydrogen-bond acceptors (Lipinski definition) is 7. The summed E-state index contributed by atoms with van der Waals surface area (Å²) in [7, 11) is 1.82. The highest BCUT2D eigenvalue weighted by Gasteiger charge is 2.23. The molecule has 0 N–H and O–H groups in total. The van der Waals surface area contributed by atoms with Gasteiger partial charge in [-0.2, -0.15) is 15.5 Å². The molecule has 0 bridgehead atoms. The lowest BCUT2D eigenvalue weighted by Crippen LogP contribution is -2.18. The maximum absolute atomic E-state index is 14.4. The van der Waals surface area contributed by atoms with Gasteiger partial charge in [-0.05, 0) is 71.1 Å². The number of hydrogen-bond donors (Lipinski definition) is 0. The largest absolute Gasteiger partial charge is 0.482 e. The van der Waals surface area contributed by atoms with Crippen molar-refractivity contribution in [2.45, 2.75) is 45.3 Å². The van der Waals surface area contributed by atoms with Crippen LogP contribution in [0.4, 0.5) is 10.2 Å². The summed E-state index contributed by atoms with van der Waals surface area (Å²) in [5.74, 6) is 0.263. The summed E-state index contributed by atoms with van der Waals surface area (Å²) in [6.07, 6.45) is 8.70. The summed E-state index contributed by atoms with van der Waals surface area (Å²) in [6, 6.07) is 8.25. The fourth-order valence-corrected chi connectivity index (χ4v) is 5.04. The zero-order valence-electron chi connectivity index (χ0n) is 20.9. The molecule has 194 valence electrons. The van der Waals surface area contributed by atoms with Gasteiger partial charge in [0.15, 0.2) is 11.4 Å². The molecule has 38 heavy (non-hydrogen) atoms. The van der Waals surface area contributed by atoms with Gasteiger partial charge >= 0.3 is 0 Å². The number of aryl methyl sites for hydroxylation is 1. The Balaban J connectivity index is 1.49. The van der Waals surface area contributed by atoms with Gasteiger partial charge in [-0.15, -0.1) is 4.91 Å². The first-order chi connectivity index (χ1) is 18.3. The van der Waals surface area contributed by atoms with Crippen LogP contribution in [0.1, 0.15) is 54.7 Å². The van der Waals surface area contributed by atoms with Crippen molar-refractivity contribution in [3.63, 3.8) is 0 Å². The van der Waals surface area contributed by atoms with E-state index in [0.717, 1.165) is 17.7 Å². The van der Waals surface area contributed by atoms with Gasteiger partial charge in [0.05, 0.1) is 5.69 Å². The lowest BCUT2D eigenvalue weighted by atomic mass is 9.85. The molecule has 1 aromatic carbocycles. The van der Waals surface area contributed by atoms with Gasteiger partial charge in [-0.1, -0.05) is 6.42 Å². The highest BCUT2D eigenvalue weighted by atomic mass is 79.9. The maximum atomic E-state index is 14.4. The zero-order valence-corrected chi connectivity index (χ0v) is 22.5. The molecule has 3 heterocycles. The molecule has 1 unspecified atom stereocenters. The van der Waals surface area contributed by atoms with E-state index >= 15 is 0 Å². The van der Waals surface area contributed by atoms with Crippen molar-refractivity contribution in [3.05, 3.63) is 80.4 Å². The van der Waals surface area contributed by atoms with Gasteiger partial charge in [-0.25, -0.2) is 9.37 Å². The van der Waals surface area contributed by atoms with E-state index in [1.54, 1.807) is 23.7 Å². The number of nitrogens with zero attached hydrogens (tertiary/aromatic N) is 7. The summed E-state index contributed by atoms with van der Waals surface area (Å²) < 4.78 is 24.7. The van der Waals surface area contributed by atoms with Crippen LogP contribution in [0, 0.1) is 28.0 Å². The van der Waals surface area contributed by atoms with E-state index in [2.05, 4.69) is 42.4 Å². The number of pyridine rings is 1. The van der Waals surface area contributed by atoms with E-state index in [9.17, 15) is 14.6 Å². The molecular weight excluding hydrogens is 553 g/mol. The number of ether oxygens (including phenoxy) is 1. The Hall–Kier alpha value is -3.91. The molecule has 1 saturated carbocycles. The van der Waals surface area contributed by atoms with Crippen molar-refractivity contribution in [2.75, 3.05) is 0 Å². The number of nitroso groups, excluding NO2 is 1. The summed E-state index contributed by atoms with van der Waals surface area (Å²) in [6.45, 7) is 2.57. The normalized spacial score (nSPS) is 14.1. The summed E-state index contributed by atoms with van der Waals surface area (Å²) in [5, 5.41) is 21.8. The first-order valence-electron chi connectivity index (χ1n) is 12.3. The fraction of sp³-hybridized carbons (Fsp3) is 0.333. The Morgan fingerprint density at radius 2 is 2.08 bits per heavy atom. The molecule has 1 aliphatic carbocycles. The quantitative estimate of drug-likeness (QED) is 0.213. The van der Waals surface area contributed by atoms with E-state index in [-0.39, 0.29) is 11.6 Å². The lowest BCUT2D eigenvalue weighted by Gasteiger charge is -2.24. The predicted molar refractivity (Wildman–Crippen MR) is 142 cm³/mol. The van der Waals surface area contributed by atoms with E-state index < -0.39 is 11.9 Å². The van der Waals surface area contributed by atoms with Crippen molar-refractivity contribution in [1.82, 2.24) is 24.5 Å². The summed E-state index contributed by atoms with van der Waals surface area (Å²) >= 11 is 3.32. The van der Waals surface area contributed by atoms with Gasteiger partial charge in [0.1, 0.15) is 18.0 Å². The van der Waals surface area contributed by atoms with Crippen molar-refractivity contribution in [3.8, 4) is 23.1 Å². The molecule has 5 rings (SSSR count). The highest BCUT2D eigenvalue weighted by molar-refractivity contribution is 9.10. The van der Waals surface area contributed by atoms with Crippen molar-refractivity contribution in [1.29, 1.82) is 5.26 Å². The van der Waals surface area contributed by atoms with Gasteiger partial charge in [-0.3, -0.25) is 9.36 Å². The number of nitriles is 1. The standard InChI is InChI=1S/C27H25BrFN7O2/c1-16(38-25-9-20(28)12-31-27(25)34-37)23-10-21(29)6-7-22(23)26-19(14-35(2)33-26)8-18-15-36(32-24(18)11-30)13-17-4-3-5-17/h6-7,9-10,12,14-17H,3-5,8,13H2,1-2H3. The van der Waals surface area contributed by atoms with Crippen molar-refractivity contribution < 1.29 is 9.13 Å². The number of benzene rings is 1. The van der Waals surface area contributed by atoms with Crippen LogP contribution in [-0.4, -0.2) is 24.5 Å². The van der Waals surface area contributed by atoms with Crippen LogP contribution >= 0.6 is 15.9 Å². The molecule has 9 nitrogen and oxygen atoms in total. The molecule has 11 heteroatoms. The van der Waals surface area contributed by atoms with Crippen LogP contribution in [0.25, 0.3) is 11.3 Å². The minimum absolute atomic E-state index is 0.0977. The Labute approximate surface area is 227 Å². The zero-order chi connectivity index (χ0) is 26.8. The minimum Gasteiger partial charge on any atom is -0.482 e. The molecule has 1 fully saturated rings. The second kappa shape index (κ2) is 10.8. The average Bonchev–Trinajstić information content (AvgIpc) is 3.43. The molecule has 0 spiro atoms. The van der Waals surface area contributed by atoms with Crippen LogP contribution in [0.3, 0.4) is 0 Å². The maximum Gasteiger partial charge on any atom is 0.239 e. The van der Waals surface area contributed by atoms with Gasteiger partial charge in [0.2, 0.25) is 5.82 Å². The number of halogens is 2. The third-order valence-electron chi connectivity index (χ3n) is 6.80. The molecule has 0 radical (unpaired) electrons. The third kappa shape index (κ3) is 5.36. The molecule has 1 aliphatic rings. The molecule has 4 aromatic rings. The molecule has 1 atom stereocenters. The van der Waals surface area contributed by atoms with E-state index in [1.165, 1.54) is 37.6 Å². The second-order valence-electron chi connectivity index (χ2n) is 9.55. The predicted octanol–water partition coefficient (Wildman–Crippen LogP) is 6.38. The van der Waals surface area contributed by atoms with Gasteiger partial charge in [0, 0.05) is 65.3 Å². The van der Waals surface area contributed by atoms with Crippen LogP contribution in [0.5, 0.6) is 5.75 Å². The molecule has 0 aliphatic heterocycles. The molecule has 3 aromatic heterocycles. The number of rotatable bonds is 9. The Kier molecular flexibility index (Phi) is 7.33. The third-order valence-corrected chi connectivity index (χ3v) is 7.23.